The van der Waals surface area contributed by atoms with Crippen molar-refractivity contribution < 1.29 is 14.6 Å². The van der Waals surface area contributed by atoms with Crippen LogP contribution in [0.25, 0.3) is 0 Å². The van der Waals surface area contributed by atoms with Crippen LogP contribution in [0.4, 0.5) is 4.39 Å². The lowest BCUT2D eigenvalue weighted by atomic mass is 10.0. The molecule has 4 heteroatoms. The van der Waals surface area contributed by atoms with E-state index in [1.54, 1.807) is 0 Å². The number of hydrogen-bond donors (Lipinski definition) is 3. The summed E-state index contributed by atoms with van der Waals surface area (Å²) >= 11 is 0. The van der Waals surface area contributed by atoms with Gasteiger partial charge in [0.2, 0.25) is 0 Å². The monoisotopic (exact) mass is 289 g/mol. The van der Waals surface area contributed by atoms with E-state index in [0.29, 0.717) is 12.0 Å². The molecule has 2 atom stereocenters. The van der Waals surface area contributed by atoms with Gasteiger partial charge in [0.25, 0.3) is 0 Å². The zero-order valence-electron chi connectivity index (χ0n) is 12.0. The number of halogens is 1. The summed E-state index contributed by atoms with van der Waals surface area (Å²) in [4.78, 5) is 0. The topological polar surface area (TPSA) is 52.5 Å². The molecule has 112 valence electrons. The average molecular weight is 289 g/mol. The summed E-state index contributed by atoms with van der Waals surface area (Å²) < 4.78 is 13.3. The average Bonchev–Trinajstić information content (AvgIpc) is 2.50. The Morgan fingerprint density at radius 2 is 1.86 bits per heavy atom. The molecule has 0 fully saturated rings. The molecule has 3 nitrogen and oxygen atoms in total. The fraction of sp³-hybridized carbons (Fsp3) is 0.294. The fourth-order valence-electron chi connectivity index (χ4n) is 2.39. The van der Waals surface area contributed by atoms with E-state index in [1.807, 2.05) is 37.3 Å². The van der Waals surface area contributed by atoms with Crippen LogP contribution in [0.1, 0.15) is 24.1 Å². The van der Waals surface area contributed by atoms with Crippen molar-refractivity contribution in [3.05, 3.63) is 65.5 Å². The van der Waals surface area contributed by atoms with Gasteiger partial charge >= 0.3 is 0 Å². The first-order valence-corrected chi connectivity index (χ1v) is 6.99. The number of aliphatic hydroxyl groups excluding tert-OH is 1. The molecule has 0 aliphatic heterocycles. The molecule has 0 bridgehead atoms. The predicted molar refractivity (Wildman–Crippen MR) is 80.6 cm³/mol. The summed E-state index contributed by atoms with van der Waals surface area (Å²) in [5, 5.41) is 22.5. The minimum Gasteiger partial charge on any atom is -0.508 e. The first-order valence-electron chi connectivity index (χ1n) is 6.99. The highest BCUT2D eigenvalue weighted by molar-refractivity contribution is 5.35. The lowest BCUT2D eigenvalue weighted by Crippen LogP contribution is -2.36. The van der Waals surface area contributed by atoms with Gasteiger partial charge in [-0.2, -0.15) is 0 Å². The molecular formula is C17H20FNO2. The Bertz CT molecular complexity index is 574. The van der Waals surface area contributed by atoms with Gasteiger partial charge in [-0.05, 0) is 37.1 Å². The quantitative estimate of drug-likeness (QED) is 0.766. The maximum atomic E-state index is 13.3. The molecule has 0 aliphatic carbocycles. The van der Waals surface area contributed by atoms with Crippen molar-refractivity contribution in [3.8, 4) is 5.75 Å². The summed E-state index contributed by atoms with van der Waals surface area (Å²) in [7, 11) is 0. The summed E-state index contributed by atoms with van der Waals surface area (Å²) in [6, 6.07) is 13.3. The van der Waals surface area contributed by atoms with Gasteiger partial charge in [-0.25, -0.2) is 4.39 Å². The first-order chi connectivity index (χ1) is 10.1. The standard InChI is InChI=1S/C17H20FNO2/c1-12(16-10-14(18)7-8-17(16)21)19-15(11-20)9-13-5-3-2-4-6-13/h2-8,10,12,15,19-21H,9,11H2,1H3/t12?,15-/m0/s1. The molecule has 0 saturated heterocycles. The lowest BCUT2D eigenvalue weighted by molar-refractivity contribution is 0.232. The van der Waals surface area contributed by atoms with Gasteiger partial charge in [0.05, 0.1) is 6.61 Å². The Hall–Kier alpha value is -1.91. The molecule has 0 aliphatic rings. The predicted octanol–water partition coefficient (Wildman–Crippen LogP) is 2.79. The fourth-order valence-corrected chi connectivity index (χ4v) is 2.39. The molecule has 3 N–H and O–H groups in total. The third-order valence-electron chi connectivity index (χ3n) is 3.49. The number of hydrogen-bond acceptors (Lipinski definition) is 3. The molecule has 2 rings (SSSR count). The Balaban J connectivity index is 2.05. The van der Waals surface area contributed by atoms with E-state index < -0.39 is 0 Å². The maximum absolute atomic E-state index is 13.3. The van der Waals surface area contributed by atoms with Crippen molar-refractivity contribution in [2.24, 2.45) is 0 Å². The number of nitrogens with one attached hydrogen (secondary N) is 1. The minimum absolute atomic E-state index is 0.0324. The number of phenols is 1. The van der Waals surface area contributed by atoms with Gasteiger partial charge in [0.15, 0.2) is 0 Å². The Morgan fingerprint density at radius 1 is 1.14 bits per heavy atom. The molecule has 0 amide bonds. The Morgan fingerprint density at radius 3 is 2.52 bits per heavy atom. The van der Waals surface area contributed by atoms with Crippen LogP contribution in [0.5, 0.6) is 5.75 Å². The molecule has 0 saturated carbocycles. The zero-order valence-corrected chi connectivity index (χ0v) is 12.0. The molecule has 0 aromatic heterocycles. The van der Waals surface area contributed by atoms with E-state index in [4.69, 9.17) is 0 Å². The number of rotatable bonds is 6. The largest absolute Gasteiger partial charge is 0.508 e. The van der Waals surface area contributed by atoms with Gasteiger partial charge in [-0.15, -0.1) is 0 Å². The molecule has 1 unspecified atom stereocenters. The van der Waals surface area contributed by atoms with Crippen molar-refractivity contribution in [2.45, 2.75) is 25.4 Å². The van der Waals surface area contributed by atoms with Crippen molar-refractivity contribution in [2.75, 3.05) is 6.61 Å². The second-order valence-corrected chi connectivity index (χ2v) is 5.16. The van der Waals surface area contributed by atoms with E-state index in [1.165, 1.54) is 18.2 Å². The van der Waals surface area contributed by atoms with E-state index in [-0.39, 0.29) is 30.3 Å². The molecule has 0 radical (unpaired) electrons. The minimum atomic E-state index is -0.389. The third-order valence-corrected chi connectivity index (χ3v) is 3.49. The van der Waals surface area contributed by atoms with Crippen LogP contribution in [-0.4, -0.2) is 22.9 Å². The van der Waals surface area contributed by atoms with Gasteiger partial charge in [0, 0.05) is 17.6 Å². The highest BCUT2D eigenvalue weighted by Crippen LogP contribution is 2.25. The second kappa shape index (κ2) is 7.20. The SMILES string of the molecule is CC(N[C@H](CO)Cc1ccccc1)c1cc(F)ccc1O. The van der Waals surface area contributed by atoms with E-state index in [0.717, 1.165) is 5.56 Å². The van der Waals surface area contributed by atoms with E-state index in [9.17, 15) is 14.6 Å². The van der Waals surface area contributed by atoms with E-state index in [2.05, 4.69) is 5.32 Å². The van der Waals surface area contributed by atoms with Gasteiger partial charge in [-0.3, -0.25) is 0 Å². The van der Waals surface area contributed by atoms with Gasteiger partial charge in [-0.1, -0.05) is 30.3 Å². The van der Waals surface area contributed by atoms with Crippen molar-refractivity contribution >= 4 is 0 Å². The molecule has 0 heterocycles. The maximum Gasteiger partial charge on any atom is 0.123 e. The summed E-state index contributed by atoms with van der Waals surface area (Å²) in [6.45, 7) is 1.80. The summed E-state index contributed by atoms with van der Waals surface area (Å²) in [5.74, 6) is -0.340. The van der Waals surface area contributed by atoms with E-state index >= 15 is 0 Å². The normalized spacial score (nSPS) is 13.9. The Labute approximate surface area is 124 Å². The van der Waals surface area contributed by atoms with Crippen molar-refractivity contribution in [1.82, 2.24) is 5.32 Å². The number of benzene rings is 2. The smallest absolute Gasteiger partial charge is 0.123 e. The number of aliphatic hydroxyl groups is 1. The van der Waals surface area contributed by atoms with Crippen LogP contribution in [0.2, 0.25) is 0 Å². The third kappa shape index (κ3) is 4.28. The number of aromatic hydroxyl groups is 1. The van der Waals surface area contributed by atoms with Crippen LogP contribution in [-0.2, 0) is 6.42 Å². The molecule has 2 aromatic carbocycles. The van der Waals surface area contributed by atoms with Crippen molar-refractivity contribution in [3.63, 3.8) is 0 Å². The second-order valence-electron chi connectivity index (χ2n) is 5.16. The molecular weight excluding hydrogens is 269 g/mol. The Kier molecular flexibility index (Phi) is 5.31. The number of phenolic OH excluding ortho intramolecular Hbond substituents is 1. The lowest BCUT2D eigenvalue weighted by Gasteiger charge is -2.23. The van der Waals surface area contributed by atoms with Crippen molar-refractivity contribution in [1.29, 1.82) is 0 Å². The van der Waals surface area contributed by atoms with Crippen LogP contribution in [0, 0.1) is 5.82 Å². The summed E-state index contributed by atoms with van der Waals surface area (Å²) in [6.07, 6.45) is 0.664. The highest BCUT2D eigenvalue weighted by Gasteiger charge is 2.16. The summed E-state index contributed by atoms with van der Waals surface area (Å²) in [5.41, 5.74) is 1.60. The van der Waals surface area contributed by atoms with Gasteiger partial charge < -0.3 is 15.5 Å². The molecule has 21 heavy (non-hydrogen) atoms. The highest BCUT2D eigenvalue weighted by atomic mass is 19.1. The first kappa shape index (κ1) is 15.5. The zero-order chi connectivity index (χ0) is 15.2. The van der Waals surface area contributed by atoms with Crippen LogP contribution in [0.3, 0.4) is 0 Å². The van der Waals surface area contributed by atoms with Crippen LogP contribution < -0.4 is 5.32 Å². The molecule has 2 aromatic rings. The molecule has 0 spiro atoms. The van der Waals surface area contributed by atoms with Crippen LogP contribution in [0.15, 0.2) is 48.5 Å². The van der Waals surface area contributed by atoms with Gasteiger partial charge in [0.1, 0.15) is 11.6 Å². The van der Waals surface area contributed by atoms with Crippen LogP contribution >= 0.6 is 0 Å².